The highest BCUT2D eigenvalue weighted by atomic mass is 32.1. The van der Waals surface area contributed by atoms with Gasteiger partial charge in [0.05, 0.1) is 22.1 Å². The lowest BCUT2D eigenvalue weighted by Crippen LogP contribution is -2.00. The van der Waals surface area contributed by atoms with Gasteiger partial charge in [-0.1, -0.05) is 115 Å². The van der Waals surface area contributed by atoms with Crippen LogP contribution in [0.4, 0.5) is 0 Å². The zero-order valence-corrected chi connectivity index (χ0v) is 37.4. The molecule has 310 valence electrons. The third-order valence-electron chi connectivity index (χ3n) is 12.6. The molecule has 0 N–H and O–H groups in total. The Morgan fingerprint density at radius 3 is 1.58 bits per heavy atom. The molecule has 14 aromatic rings. The van der Waals surface area contributed by atoms with Crippen LogP contribution in [0.1, 0.15) is 0 Å². The van der Waals surface area contributed by atoms with Crippen molar-refractivity contribution in [1.29, 1.82) is 0 Å². The van der Waals surface area contributed by atoms with Crippen molar-refractivity contribution in [2.75, 3.05) is 0 Å². The summed E-state index contributed by atoms with van der Waals surface area (Å²) < 4.78 is 11.5. The van der Waals surface area contributed by atoms with E-state index in [0.717, 1.165) is 55.3 Å². The monoisotopic (exact) mass is 899 g/mol. The summed E-state index contributed by atoms with van der Waals surface area (Å²) >= 11 is 5.49. The first-order chi connectivity index (χ1) is 32.7. The van der Waals surface area contributed by atoms with E-state index in [-0.39, 0.29) is 0 Å². The molecular formula is C57H33N5OS3. The van der Waals surface area contributed by atoms with Gasteiger partial charge in [0.15, 0.2) is 17.5 Å². The van der Waals surface area contributed by atoms with Gasteiger partial charge in [-0.25, -0.2) is 15.0 Å². The number of hydrogen-bond acceptors (Lipinski definition) is 7. The maximum atomic E-state index is 6.56. The van der Waals surface area contributed by atoms with Crippen molar-refractivity contribution < 1.29 is 4.42 Å². The van der Waals surface area contributed by atoms with Crippen molar-refractivity contribution in [3.05, 3.63) is 200 Å². The normalized spacial score (nSPS) is 11.9. The van der Waals surface area contributed by atoms with Crippen molar-refractivity contribution in [1.82, 2.24) is 24.1 Å². The van der Waals surface area contributed by atoms with Crippen LogP contribution < -0.4 is 0 Å². The summed E-state index contributed by atoms with van der Waals surface area (Å²) in [7, 11) is 0. The molecule has 66 heavy (non-hydrogen) atoms. The molecule has 7 heterocycles. The van der Waals surface area contributed by atoms with Crippen molar-refractivity contribution in [3.63, 3.8) is 0 Å². The summed E-state index contributed by atoms with van der Waals surface area (Å²) in [6, 6.07) is 68.7. The zero-order valence-electron chi connectivity index (χ0n) is 34.9. The molecular weight excluding hydrogens is 867 g/mol. The van der Waals surface area contributed by atoms with E-state index in [2.05, 4.69) is 136 Å². The fourth-order valence-electron chi connectivity index (χ4n) is 9.58. The third kappa shape index (κ3) is 5.87. The number of para-hydroxylation sites is 2. The van der Waals surface area contributed by atoms with Crippen molar-refractivity contribution in [2.45, 2.75) is 0 Å². The number of nitrogens with zero attached hydrogens (tertiary/aromatic N) is 5. The van der Waals surface area contributed by atoms with E-state index in [1.165, 1.54) is 57.1 Å². The average molecular weight is 900 g/mol. The van der Waals surface area contributed by atoms with Crippen molar-refractivity contribution >= 4 is 99.6 Å². The maximum absolute atomic E-state index is 6.56. The van der Waals surface area contributed by atoms with Gasteiger partial charge in [-0.15, -0.1) is 34.0 Å². The second-order valence-corrected chi connectivity index (χ2v) is 19.5. The van der Waals surface area contributed by atoms with Crippen LogP contribution in [-0.2, 0) is 0 Å². The van der Waals surface area contributed by atoms with Crippen LogP contribution in [0.3, 0.4) is 0 Å². The lowest BCUT2D eigenvalue weighted by Gasteiger charge is -2.11. The molecule has 0 fully saturated rings. The van der Waals surface area contributed by atoms with Gasteiger partial charge in [0, 0.05) is 74.2 Å². The molecule has 9 heteroatoms. The van der Waals surface area contributed by atoms with E-state index in [4.69, 9.17) is 19.4 Å². The molecule has 0 atom stereocenters. The second-order valence-electron chi connectivity index (χ2n) is 16.4. The highest BCUT2D eigenvalue weighted by Crippen LogP contribution is 2.46. The number of fused-ring (bicyclic) bond motifs is 10. The predicted molar refractivity (Wildman–Crippen MR) is 277 cm³/mol. The quantitative estimate of drug-likeness (QED) is 0.160. The van der Waals surface area contributed by atoms with Gasteiger partial charge >= 0.3 is 0 Å². The minimum Gasteiger partial charge on any atom is -0.456 e. The molecule has 6 nitrogen and oxygen atoms in total. The van der Waals surface area contributed by atoms with Gasteiger partial charge in [0.25, 0.3) is 0 Å². The average Bonchev–Trinajstić information content (AvgIpc) is 4.25. The maximum Gasteiger partial charge on any atom is 0.164 e. The van der Waals surface area contributed by atoms with Crippen LogP contribution >= 0.6 is 34.0 Å². The first-order valence-electron chi connectivity index (χ1n) is 21.7. The first kappa shape index (κ1) is 37.4. The largest absolute Gasteiger partial charge is 0.456 e. The fraction of sp³-hybridized carbons (Fsp3) is 0. The van der Waals surface area contributed by atoms with E-state index in [1.807, 2.05) is 95.5 Å². The molecule has 0 aliphatic carbocycles. The number of furan rings is 1. The molecule has 0 saturated heterocycles. The Morgan fingerprint density at radius 1 is 0.364 bits per heavy atom. The van der Waals surface area contributed by atoms with E-state index in [1.54, 1.807) is 11.3 Å². The van der Waals surface area contributed by atoms with Gasteiger partial charge < -0.3 is 8.98 Å². The standard InChI is InChI=1S/C57H33N5OS3/c1-3-12-34(13-4-1)55-58-56(35-14-5-2-6-15-35)60-57(59-55)36-21-25-46-42(32-36)43-33-37(22-26-47(43)63-46)61-44-18-9-7-16-38(44)40-23-24-41-39-17-8-10-19-45(39)62(54(41)53(40)61)52-30-29-51(66-52)50-28-27-49(65-50)48-20-11-31-64-48/h1-33H. The van der Waals surface area contributed by atoms with Gasteiger partial charge in [0.2, 0.25) is 0 Å². The molecule has 0 aliphatic rings. The van der Waals surface area contributed by atoms with E-state index in [0.29, 0.717) is 17.5 Å². The van der Waals surface area contributed by atoms with E-state index in [9.17, 15) is 0 Å². The summed E-state index contributed by atoms with van der Waals surface area (Å²) in [5.74, 6) is 1.86. The SMILES string of the molecule is c1ccc(-c2nc(-c3ccccc3)nc(-c3ccc4oc5ccc(-n6c7ccccc7c7ccc8c9ccccc9n(-c9ccc(-c%10ccc(-c%11cccs%11)s%10)s9)c8c76)cc5c4c3)n2)cc1. The van der Waals surface area contributed by atoms with Crippen LogP contribution in [-0.4, -0.2) is 24.1 Å². The number of aromatic nitrogens is 5. The summed E-state index contributed by atoms with van der Waals surface area (Å²) in [6.07, 6.45) is 0. The van der Waals surface area contributed by atoms with Gasteiger partial charge in [-0.2, -0.15) is 0 Å². The second kappa shape index (κ2) is 14.8. The molecule has 7 aromatic carbocycles. The van der Waals surface area contributed by atoms with Gasteiger partial charge in [-0.3, -0.25) is 4.57 Å². The fourth-order valence-corrected chi connectivity index (χ4v) is 12.5. The Balaban J connectivity index is 0.972. The summed E-state index contributed by atoms with van der Waals surface area (Å²) in [5, 5.41) is 10.2. The Labute approximate surface area is 389 Å². The number of thiophene rings is 3. The molecule has 0 radical (unpaired) electrons. The first-order valence-corrected chi connectivity index (χ1v) is 24.3. The molecule has 0 unspecified atom stereocenters. The van der Waals surface area contributed by atoms with Gasteiger partial charge in [0.1, 0.15) is 16.2 Å². The number of hydrogen-bond donors (Lipinski definition) is 0. The molecule has 0 amide bonds. The van der Waals surface area contributed by atoms with Crippen molar-refractivity contribution in [2.24, 2.45) is 0 Å². The highest BCUT2D eigenvalue weighted by molar-refractivity contribution is 7.26. The van der Waals surface area contributed by atoms with Crippen molar-refractivity contribution in [3.8, 4) is 64.4 Å². The highest BCUT2D eigenvalue weighted by Gasteiger charge is 2.23. The predicted octanol–water partition coefficient (Wildman–Crippen LogP) is 16.5. The van der Waals surface area contributed by atoms with Gasteiger partial charge in [-0.05, 0) is 84.2 Å². The minimum atomic E-state index is 0.603. The van der Waals surface area contributed by atoms with Crippen LogP contribution in [0.15, 0.2) is 204 Å². The Kier molecular flexibility index (Phi) is 8.39. The summed E-state index contributed by atoms with van der Waals surface area (Å²) in [4.78, 5) is 20.2. The lowest BCUT2D eigenvalue weighted by molar-refractivity contribution is 0.669. The summed E-state index contributed by atoms with van der Waals surface area (Å²) in [5.41, 5.74) is 10.1. The van der Waals surface area contributed by atoms with Crippen LogP contribution in [0, 0.1) is 0 Å². The van der Waals surface area contributed by atoms with Crippen LogP contribution in [0.25, 0.3) is 130 Å². The van der Waals surface area contributed by atoms with E-state index >= 15 is 0 Å². The molecule has 7 aromatic heterocycles. The minimum absolute atomic E-state index is 0.603. The third-order valence-corrected chi connectivity index (χ3v) is 16.0. The lowest BCUT2D eigenvalue weighted by atomic mass is 10.1. The zero-order chi connectivity index (χ0) is 43.3. The molecule has 0 aliphatic heterocycles. The summed E-state index contributed by atoms with van der Waals surface area (Å²) in [6.45, 7) is 0. The Morgan fingerprint density at radius 2 is 0.909 bits per heavy atom. The Hall–Kier alpha value is -7.95. The van der Waals surface area contributed by atoms with Crippen LogP contribution in [0.2, 0.25) is 0 Å². The molecule has 0 saturated carbocycles. The topological polar surface area (TPSA) is 61.7 Å². The Bertz CT molecular complexity index is 4120. The molecule has 0 bridgehead atoms. The molecule has 14 rings (SSSR count). The van der Waals surface area contributed by atoms with E-state index < -0.39 is 0 Å². The number of benzene rings is 7. The smallest absolute Gasteiger partial charge is 0.164 e. The van der Waals surface area contributed by atoms with Crippen LogP contribution in [0.5, 0.6) is 0 Å². The molecule has 0 spiro atoms. The number of rotatable bonds is 7.